The van der Waals surface area contributed by atoms with E-state index in [4.69, 9.17) is 11.6 Å². The normalized spacial score (nSPS) is 21.4. The van der Waals surface area contributed by atoms with Gasteiger partial charge in [0.25, 0.3) is 5.91 Å². The molecule has 1 saturated heterocycles. The Hall–Kier alpha value is -1.09. The number of alkyl halides is 1. The van der Waals surface area contributed by atoms with Gasteiger partial charge in [0, 0.05) is 12.7 Å². The lowest BCUT2D eigenvalue weighted by Crippen LogP contribution is -2.41. The molecule has 0 spiro atoms. The molecule has 0 saturated carbocycles. The van der Waals surface area contributed by atoms with Gasteiger partial charge >= 0.3 is 0 Å². The molecule has 4 heteroatoms. The highest BCUT2D eigenvalue weighted by Gasteiger charge is 2.26. The van der Waals surface area contributed by atoms with E-state index in [1.807, 2.05) is 6.07 Å². The Morgan fingerprint density at radius 3 is 3.00 bits per heavy atom. The van der Waals surface area contributed by atoms with Crippen LogP contribution in [0.25, 0.3) is 0 Å². The summed E-state index contributed by atoms with van der Waals surface area (Å²) in [5, 5.41) is 0. The van der Waals surface area contributed by atoms with Crippen LogP contribution in [0, 0.1) is 0 Å². The molecule has 80 valence electrons. The molecule has 1 aliphatic heterocycles. The second-order valence-corrected chi connectivity index (χ2v) is 4.15. The Bertz CT molecular complexity index is 342. The van der Waals surface area contributed by atoms with Crippen molar-refractivity contribution >= 4 is 17.5 Å². The van der Waals surface area contributed by atoms with E-state index in [-0.39, 0.29) is 11.4 Å². The first-order valence-corrected chi connectivity index (χ1v) is 5.59. The average Bonchev–Trinajstić information content (AvgIpc) is 2.30. The fraction of sp³-hybridized carbons (Fsp3) is 0.455. The zero-order valence-electron chi connectivity index (χ0n) is 8.40. The standard InChI is InChI=1S/C11H13ClN2O/c12-10-6-2-4-8-14(10)11(15)9-5-1-3-7-13-9/h1,3,5,7,10H,2,4,6,8H2. The summed E-state index contributed by atoms with van der Waals surface area (Å²) < 4.78 is 0. The van der Waals surface area contributed by atoms with Gasteiger partial charge in [-0.2, -0.15) is 0 Å². The van der Waals surface area contributed by atoms with Crippen LogP contribution in [0.4, 0.5) is 0 Å². The van der Waals surface area contributed by atoms with Gasteiger partial charge in [0.05, 0.1) is 0 Å². The zero-order chi connectivity index (χ0) is 10.7. The van der Waals surface area contributed by atoms with Crippen molar-refractivity contribution < 1.29 is 4.79 Å². The Labute approximate surface area is 94.1 Å². The molecule has 1 fully saturated rings. The topological polar surface area (TPSA) is 33.2 Å². The molecule has 1 aromatic rings. The summed E-state index contributed by atoms with van der Waals surface area (Å²) in [6, 6.07) is 5.33. The van der Waals surface area contributed by atoms with Gasteiger partial charge in [-0.3, -0.25) is 9.78 Å². The maximum atomic E-state index is 12.0. The van der Waals surface area contributed by atoms with Crippen LogP contribution in [0.15, 0.2) is 24.4 Å². The number of pyridine rings is 1. The Kier molecular flexibility index (Phi) is 3.21. The molecule has 1 aromatic heterocycles. The van der Waals surface area contributed by atoms with E-state index in [0.717, 1.165) is 25.8 Å². The first kappa shape index (κ1) is 10.4. The van der Waals surface area contributed by atoms with E-state index in [1.54, 1.807) is 23.2 Å². The molecule has 0 bridgehead atoms. The number of amides is 1. The number of piperidine rings is 1. The van der Waals surface area contributed by atoms with E-state index in [1.165, 1.54) is 0 Å². The van der Waals surface area contributed by atoms with Gasteiger partial charge in [0.15, 0.2) is 0 Å². The number of aromatic nitrogens is 1. The van der Waals surface area contributed by atoms with E-state index in [0.29, 0.717) is 5.69 Å². The summed E-state index contributed by atoms with van der Waals surface area (Å²) in [6.07, 6.45) is 4.63. The minimum atomic E-state index is -0.173. The monoisotopic (exact) mass is 224 g/mol. The lowest BCUT2D eigenvalue weighted by molar-refractivity contribution is 0.0686. The van der Waals surface area contributed by atoms with Crippen molar-refractivity contribution in [1.82, 2.24) is 9.88 Å². The minimum absolute atomic E-state index is 0.0599. The Balaban J connectivity index is 2.13. The van der Waals surface area contributed by atoms with Crippen LogP contribution in [0.1, 0.15) is 29.8 Å². The first-order valence-electron chi connectivity index (χ1n) is 5.15. The van der Waals surface area contributed by atoms with Crippen LogP contribution in [0.5, 0.6) is 0 Å². The number of carbonyl (C=O) groups excluding carboxylic acids is 1. The molecule has 0 radical (unpaired) electrons. The summed E-state index contributed by atoms with van der Waals surface area (Å²) in [6.45, 7) is 0.740. The van der Waals surface area contributed by atoms with E-state index >= 15 is 0 Å². The minimum Gasteiger partial charge on any atom is -0.321 e. The van der Waals surface area contributed by atoms with Crippen molar-refractivity contribution in [2.45, 2.75) is 24.8 Å². The van der Waals surface area contributed by atoms with Gasteiger partial charge in [-0.25, -0.2) is 0 Å². The summed E-state index contributed by atoms with van der Waals surface area (Å²) in [4.78, 5) is 17.7. The van der Waals surface area contributed by atoms with Gasteiger partial charge in [-0.05, 0) is 31.4 Å². The largest absolute Gasteiger partial charge is 0.321 e. The Morgan fingerprint density at radius 2 is 2.33 bits per heavy atom. The van der Waals surface area contributed by atoms with E-state index in [9.17, 15) is 4.79 Å². The van der Waals surface area contributed by atoms with Crippen LogP contribution < -0.4 is 0 Å². The van der Waals surface area contributed by atoms with Crippen LogP contribution in [0.2, 0.25) is 0 Å². The summed E-state index contributed by atoms with van der Waals surface area (Å²) in [5.74, 6) is -0.0599. The van der Waals surface area contributed by atoms with Crippen LogP contribution in [-0.2, 0) is 0 Å². The van der Waals surface area contributed by atoms with Crippen molar-refractivity contribution in [1.29, 1.82) is 0 Å². The number of rotatable bonds is 1. The molecule has 0 aromatic carbocycles. The smallest absolute Gasteiger partial charge is 0.273 e. The second kappa shape index (κ2) is 4.62. The van der Waals surface area contributed by atoms with E-state index < -0.39 is 0 Å². The van der Waals surface area contributed by atoms with Crippen LogP contribution in [-0.4, -0.2) is 27.8 Å². The molecule has 1 amide bonds. The molecule has 1 unspecified atom stereocenters. The molecule has 1 aliphatic rings. The highest BCUT2D eigenvalue weighted by Crippen LogP contribution is 2.21. The molecule has 2 rings (SSSR count). The summed E-state index contributed by atoms with van der Waals surface area (Å²) in [5.41, 5.74) is 0.304. The van der Waals surface area contributed by atoms with Crippen LogP contribution >= 0.6 is 11.6 Å². The summed E-state index contributed by atoms with van der Waals surface area (Å²) in [7, 11) is 0. The molecule has 0 N–H and O–H groups in total. The fourth-order valence-corrected chi connectivity index (χ4v) is 2.10. The lowest BCUT2D eigenvalue weighted by atomic mass is 10.1. The van der Waals surface area contributed by atoms with Crippen molar-refractivity contribution in [3.63, 3.8) is 0 Å². The average molecular weight is 225 g/mol. The predicted octanol–water partition coefficient (Wildman–Crippen LogP) is 2.27. The molecular formula is C11H13ClN2O. The summed E-state index contributed by atoms with van der Waals surface area (Å²) >= 11 is 6.10. The van der Waals surface area contributed by atoms with Crippen molar-refractivity contribution in [2.75, 3.05) is 6.54 Å². The van der Waals surface area contributed by atoms with Crippen molar-refractivity contribution in [3.05, 3.63) is 30.1 Å². The first-order chi connectivity index (χ1) is 7.29. The second-order valence-electron chi connectivity index (χ2n) is 3.64. The Morgan fingerprint density at radius 1 is 1.47 bits per heavy atom. The van der Waals surface area contributed by atoms with Gasteiger partial charge in [0.2, 0.25) is 0 Å². The number of hydrogen-bond acceptors (Lipinski definition) is 2. The number of carbonyl (C=O) groups is 1. The number of hydrogen-bond donors (Lipinski definition) is 0. The molecular weight excluding hydrogens is 212 g/mol. The van der Waals surface area contributed by atoms with Crippen molar-refractivity contribution in [3.8, 4) is 0 Å². The number of likely N-dealkylation sites (tertiary alicyclic amines) is 1. The van der Waals surface area contributed by atoms with Gasteiger partial charge in [-0.1, -0.05) is 17.7 Å². The third kappa shape index (κ3) is 2.29. The quantitative estimate of drug-likeness (QED) is 0.542. The maximum Gasteiger partial charge on any atom is 0.273 e. The fourth-order valence-electron chi connectivity index (χ4n) is 1.76. The van der Waals surface area contributed by atoms with Crippen molar-refractivity contribution in [2.24, 2.45) is 0 Å². The third-order valence-electron chi connectivity index (χ3n) is 2.57. The SMILES string of the molecule is O=C(c1ccccn1)N1CCCCC1Cl. The number of nitrogens with zero attached hydrogens (tertiary/aromatic N) is 2. The van der Waals surface area contributed by atoms with Crippen LogP contribution in [0.3, 0.4) is 0 Å². The van der Waals surface area contributed by atoms with Gasteiger partial charge in [0.1, 0.15) is 11.2 Å². The maximum absolute atomic E-state index is 12.0. The highest BCUT2D eigenvalue weighted by atomic mass is 35.5. The van der Waals surface area contributed by atoms with E-state index in [2.05, 4.69) is 4.98 Å². The zero-order valence-corrected chi connectivity index (χ0v) is 9.15. The molecule has 15 heavy (non-hydrogen) atoms. The highest BCUT2D eigenvalue weighted by molar-refractivity contribution is 6.21. The lowest BCUT2D eigenvalue weighted by Gasteiger charge is -2.31. The number of halogens is 1. The molecule has 0 aliphatic carbocycles. The van der Waals surface area contributed by atoms with Gasteiger partial charge in [-0.15, -0.1) is 0 Å². The predicted molar refractivity (Wildman–Crippen MR) is 58.8 cm³/mol. The molecule has 1 atom stereocenters. The third-order valence-corrected chi connectivity index (χ3v) is 3.03. The van der Waals surface area contributed by atoms with Gasteiger partial charge < -0.3 is 4.90 Å². The molecule has 2 heterocycles. The molecule has 3 nitrogen and oxygen atoms in total.